The molecule has 0 saturated carbocycles. The molecule has 21 heavy (non-hydrogen) atoms. The van der Waals surface area contributed by atoms with Gasteiger partial charge in [-0.1, -0.05) is 24.3 Å². The minimum atomic E-state index is -1.06. The summed E-state index contributed by atoms with van der Waals surface area (Å²) < 4.78 is 0. The second-order valence-electron chi connectivity index (χ2n) is 4.79. The summed E-state index contributed by atoms with van der Waals surface area (Å²) in [7, 11) is 1.46. The molecule has 7 nitrogen and oxygen atoms in total. The minimum absolute atomic E-state index is 0.181. The van der Waals surface area contributed by atoms with Crippen LogP contribution in [0.25, 0.3) is 0 Å². The van der Waals surface area contributed by atoms with Gasteiger partial charge >= 0.3 is 12.0 Å². The summed E-state index contributed by atoms with van der Waals surface area (Å²) >= 11 is 0. The van der Waals surface area contributed by atoms with Crippen molar-refractivity contribution in [3.05, 3.63) is 35.4 Å². The molecule has 0 radical (unpaired) electrons. The van der Waals surface area contributed by atoms with Crippen LogP contribution < -0.4 is 10.6 Å². The van der Waals surface area contributed by atoms with E-state index < -0.39 is 18.0 Å². The molecular weight excluding hydrogens is 274 g/mol. The van der Waals surface area contributed by atoms with Gasteiger partial charge in [-0.3, -0.25) is 4.79 Å². The van der Waals surface area contributed by atoms with Crippen LogP contribution in [0.4, 0.5) is 4.79 Å². The highest BCUT2D eigenvalue weighted by Crippen LogP contribution is 2.23. The van der Waals surface area contributed by atoms with Crippen molar-refractivity contribution >= 4 is 17.9 Å². The molecular formula is C14H17N3O4. The van der Waals surface area contributed by atoms with Crippen molar-refractivity contribution in [1.82, 2.24) is 15.5 Å². The largest absolute Gasteiger partial charge is 0.480 e. The van der Waals surface area contributed by atoms with Gasteiger partial charge in [-0.15, -0.1) is 0 Å². The van der Waals surface area contributed by atoms with Crippen LogP contribution in [0.2, 0.25) is 0 Å². The number of carbonyl (C=O) groups excluding carboxylic acids is 2. The first-order valence-electron chi connectivity index (χ1n) is 6.57. The molecule has 1 aromatic rings. The lowest BCUT2D eigenvalue weighted by atomic mass is 9.94. The van der Waals surface area contributed by atoms with Crippen LogP contribution in [-0.4, -0.2) is 47.5 Å². The monoisotopic (exact) mass is 291 g/mol. The van der Waals surface area contributed by atoms with E-state index in [4.69, 9.17) is 0 Å². The van der Waals surface area contributed by atoms with E-state index in [2.05, 4.69) is 10.6 Å². The predicted molar refractivity (Wildman–Crippen MR) is 74.6 cm³/mol. The fourth-order valence-corrected chi connectivity index (χ4v) is 2.30. The molecule has 1 atom stereocenters. The molecule has 0 aromatic heterocycles. The molecule has 112 valence electrons. The molecule has 0 spiro atoms. The molecule has 7 heteroatoms. The third-order valence-electron chi connectivity index (χ3n) is 3.47. The number of likely N-dealkylation sites (N-methyl/N-ethyl adjacent to an activating group) is 1. The Morgan fingerprint density at radius 2 is 1.95 bits per heavy atom. The van der Waals surface area contributed by atoms with Gasteiger partial charge in [-0.25, -0.2) is 9.59 Å². The van der Waals surface area contributed by atoms with Crippen molar-refractivity contribution in [3.8, 4) is 0 Å². The van der Waals surface area contributed by atoms with E-state index in [-0.39, 0.29) is 25.4 Å². The number of urea groups is 1. The quantitative estimate of drug-likeness (QED) is 0.727. The van der Waals surface area contributed by atoms with Crippen LogP contribution in [0.15, 0.2) is 24.3 Å². The summed E-state index contributed by atoms with van der Waals surface area (Å²) in [6.07, 6.45) is 0.263. The van der Waals surface area contributed by atoms with Crippen molar-refractivity contribution in [2.75, 3.05) is 13.6 Å². The fraction of sp³-hybridized carbons (Fsp3) is 0.357. The highest BCUT2D eigenvalue weighted by molar-refractivity contribution is 5.87. The Bertz CT molecular complexity index is 573. The topological polar surface area (TPSA) is 98.7 Å². The predicted octanol–water partition coefficient (Wildman–Crippen LogP) is -0.0465. The van der Waals surface area contributed by atoms with Gasteiger partial charge in [-0.05, 0) is 11.1 Å². The van der Waals surface area contributed by atoms with E-state index in [0.717, 1.165) is 11.1 Å². The second kappa shape index (κ2) is 6.25. The third kappa shape index (κ3) is 3.31. The number of carbonyl (C=O) groups is 3. The summed E-state index contributed by atoms with van der Waals surface area (Å²) in [6.45, 7) is 0.0343. The number of aliphatic carboxylic acids is 1. The molecule has 1 heterocycles. The number of hydrogen-bond acceptors (Lipinski definition) is 3. The van der Waals surface area contributed by atoms with Crippen LogP contribution in [-0.2, 0) is 22.6 Å². The number of fused-ring (bicyclic) bond motifs is 1. The molecule has 3 N–H and O–H groups in total. The summed E-state index contributed by atoms with van der Waals surface area (Å²) in [5.74, 6) is -1.40. The standard InChI is InChI=1S/C14H17N3O4/c1-15-12(18)7-16-14(21)17-8-10-5-3-2-4-9(10)6-11(17)13(19)20/h2-5,11H,6-8H2,1H3,(H,15,18)(H,16,21)(H,19,20)/t11-/m0/s1. The van der Waals surface area contributed by atoms with Crippen LogP contribution in [0, 0.1) is 0 Å². The molecule has 0 saturated heterocycles. The lowest BCUT2D eigenvalue weighted by Gasteiger charge is -2.34. The highest BCUT2D eigenvalue weighted by atomic mass is 16.4. The van der Waals surface area contributed by atoms with Gasteiger partial charge in [0.05, 0.1) is 6.54 Å². The first-order chi connectivity index (χ1) is 10.0. The van der Waals surface area contributed by atoms with Crippen LogP contribution in [0.1, 0.15) is 11.1 Å². The van der Waals surface area contributed by atoms with Gasteiger partial charge in [0.25, 0.3) is 0 Å². The molecule has 2 rings (SSSR count). The zero-order valence-corrected chi connectivity index (χ0v) is 11.6. The lowest BCUT2D eigenvalue weighted by molar-refractivity contribution is -0.142. The van der Waals surface area contributed by atoms with E-state index in [1.54, 1.807) is 0 Å². The van der Waals surface area contributed by atoms with Crippen molar-refractivity contribution in [3.63, 3.8) is 0 Å². The molecule has 1 aromatic carbocycles. The highest BCUT2D eigenvalue weighted by Gasteiger charge is 2.34. The summed E-state index contributed by atoms with van der Waals surface area (Å²) in [6, 6.07) is 5.95. The Hall–Kier alpha value is -2.57. The fourth-order valence-electron chi connectivity index (χ4n) is 2.30. The summed E-state index contributed by atoms with van der Waals surface area (Å²) in [4.78, 5) is 35.9. The van der Waals surface area contributed by atoms with E-state index in [9.17, 15) is 19.5 Å². The molecule has 0 unspecified atom stereocenters. The third-order valence-corrected chi connectivity index (χ3v) is 3.47. The second-order valence-corrected chi connectivity index (χ2v) is 4.79. The Kier molecular flexibility index (Phi) is 4.42. The number of benzene rings is 1. The van der Waals surface area contributed by atoms with Gasteiger partial charge in [-0.2, -0.15) is 0 Å². The van der Waals surface area contributed by atoms with Gasteiger partial charge < -0.3 is 20.6 Å². The SMILES string of the molecule is CNC(=O)CNC(=O)N1Cc2ccccc2C[C@H]1C(=O)O. The van der Waals surface area contributed by atoms with Crippen LogP contribution in [0.3, 0.4) is 0 Å². The minimum Gasteiger partial charge on any atom is -0.480 e. The lowest BCUT2D eigenvalue weighted by Crippen LogP contribution is -2.53. The van der Waals surface area contributed by atoms with Crippen molar-refractivity contribution in [1.29, 1.82) is 0 Å². The zero-order chi connectivity index (χ0) is 15.4. The summed E-state index contributed by atoms with van der Waals surface area (Å²) in [5, 5.41) is 14.1. The number of rotatable bonds is 3. The van der Waals surface area contributed by atoms with Crippen molar-refractivity contribution in [2.24, 2.45) is 0 Å². The maximum atomic E-state index is 12.1. The van der Waals surface area contributed by atoms with Crippen LogP contribution >= 0.6 is 0 Å². The van der Waals surface area contributed by atoms with E-state index in [1.165, 1.54) is 11.9 Å². The number of nitrogens with zero attached hydrogens (tertiary/aromatic N) is 1. The number of carboxylic acid groups (broad SMARTS) is 1. The zero-order valence-electron chi connectivity index (χ0n) is 11.6. The number of hydrogen-bond donors (Lipinski definition) is 3. The average Bonchev–Trinajstić information content (AvgIpc) is 2.50. The number of amides is 3. The number of carboxylic acids is 1. The van der Waals surface area contributed by atoms with Gasteiger partial charge in [0.1, 0.15) is 6.04 Å². The first kappa shape index (κ1) is 14.8. The summed E-state index contributed by atoms with van der Waals surface area (Å²) in [5.41, 5.74) is 1.85. The van der Waals surface area contributed by atoms with Crippen molar-refractivity contribution in [2.45, 2.75) is 19.0 Å². The Morgan fingerprint density at radius 1 is 1.29 bits per heavy atom. The van der Waals surface area contributed by atoms with E-state index in [0.29, 0.717) is 0 Å². The van der Waals surface area contributed by atoms with Crippen LogP contribution in [0.5, 0.6) is 0 Å². The van der Waals surface area contributed by atoms with Gasteiger partial charge in [0.15, 0.2) is 0 Å². The maximum absolute atomic E-state index is 12.1. The average molecular weight is 291 g/mol. The molecule has 1 aliphatic heterocycles. The molecule has 1 aliphatic rings. The molecule has 0 fully saturated rings. The first-order valence-corrected chi connectivity index (χ1v) is 6.57. The Morgan fingerprint density at radius 3 is 2.57 bits per heavy atom. The molecule has 0 aliphatic carbocycles. The Balaban J connectivity index is 2.14. The Labute approximate surface area is 121 Å². The number of nitrogens with one attached hydrogen (secondary N) is 2. The molecule has 0 bridgehead atoms. The molecule has 3 amide bonds. The normalized spacial score (nSPS) is 16.8. The van der Waals surface area contributed by atoms with Crippen molar-refractivity contribution < 1.29 is 19.5 Å². The van der Waals surface area contributed by atoms with E-state index in [1.807, 2.05) is 24.3 Å². The van der Waals surface area contributed by atoms with E-state index >= 15 is 0 Å². The van der Waals surface area contributed by atoms with Gasteiger partial charge in [0.2, 0.25) is 5.91 Å². The smallest absolute Gasteiger partial charge is 0.326 e. The van der Waals surface area contributed by atoms with Gasteiger partial charge in [0, 0.05) is 20.0 Å². The maximum Gasteiger partial charge on any atom is 0.326 e.